The fourth-order valence-corrected chi connectivity index (χ4v) is 3.03. The van der Waals surface area contributed by atoms with Crippen molar-refractivity contribution in [2.45, 2.75) is 0 Å². The van der Waals surface area contributed by atoms with Crippen molar-refractivity contribution in [1.82, 2.24) is 4.98 Å². The monoisotopic (exact) mass is 402 g/mol. The first-order chi connectivity index (χ1) is 11.6. The number of hydrogen-bond acceptors (Lipinski definition) is 6. The van der Waals surface area contributed by atoms with Crippen molar-refractivity contribution in [2.24, 2.45) is 5.10 Å². The predicted molar refractivity (Wildman–Crippen MR) is 99.6 cm³/mol. The summed E-state index contributed by atoms with van der Waals surface area (Å²) < 4.78 is 0.951. The van der Waals surface area contributed by atoms with Gasteiger partial charge in [0.25, 0.3) is 5.69 Å². The van der Waals surface area contributed by atoms with Crippen molar-refractivity contribution in [2.75, 3.05) is 5.43 Å². The Hall–Kier alpha value is -2.58. The summed E-state index contributed by atoms with van der Waals surface area (Å²) in [6.45, 7) is 0. The Bertz CT molecular complexity index is 910. The van der Waals surface area contributed by atoms with Crippen LogP contribution in [0.25, 0.3) is 11.3 Å². The Kier molecular flexibility index (Phi) is 4.97. The second-order valence-electron chi connectivity index (χ2n) is 4.74. The highest BCUT2D eigenvalue weighted by Crippen LogP contribution is 2.27. The summed E-state index contributed by atoms with van der Waals surface area (Å²) in [4.78, 5) is 14.8. The molecule has 0 fully saturated rings. The number of anilines is 1. The second kappa shape index (κ2) is 7.33. The third-order valence-corrected chi connectivity index (χ3v) is 4.60. The average Bonchev–Trinajstić information content (AvgIpc) is 3.06. The number of halogens is 1. The van der Waals surface area contributed by atoms with Crippen LogP contribution in [0.4, 0.5) is 10.8 Å². The van der Waals surface area contributed by atoms with Crippen molar-refractivity contribution in [3.63, 3.8) is 0 Å². The largest absolute Gasteiger partial charge is 0.270 e. The number of hydrogen-bond donors (Lipinski definition) is 1. The van der Waals surface area contributed by atoms with E-state index in [4.69, 9.17) is 0 Å². The van der Waals surface area contributed by atoms with Crippen LogP contribution < -0.4 is 5.43 Å². The first kappa shape index (κ1) is 16.3. The molecule has 3 aromatic rings. The Labute approximate surface area is 150 Å². The average molecular weight is 403 g/mol. The zero-order valence-electron chi connectivity index (χ0n) is 12.2. The van der Waals surface area contributed by atoms with Crippen LogP contribution in [0.3, 0.4) is 0 Å². The van der Waals surface area contributed by atoms with E-state index >= 15 is 0 Å². The molecule has 0 amide bonds. The molecule has 0 saturated carbocycles. The molecule has 0 aliphatic heterocycles. The van der Waals surface area contributed by atoms with Crippen LogP contribution in [0.15, 0.2) is 63.5 Å². The molecule has 0 radical (unpaired) electrons. The summed E-state index contributed by atoms with van der Waals surface area (Å²) in [5.41, 5.74) is 5.22. The molecule has 0 spiro atoms. The van der Waals surface area contributed by atoms with E-state index in [2.05, 4.69) is 31.4 Å². The molecular weight excluding hydrogens is 392 g/mol. The highest BCUT2D eigenvalue weighted by molar-refractivity contribution is 9.10. The molecule has 6 nitrogen and oxygen atoms in total. The van der Waals surface area contributed by atoms with Crippen molar-refractivity contribution in [3.8, 4) is 11.3 Å². The van der Waals surface area contributed by atoms with Crippen LogP contribution >= 0.6 is 27.3 Å². The predicted octanol–water partition coefficient (Wildman–Crippen LogP) is 4.93. The van der Waals surface area contributed by atoms with Crippen molar-refractivity contribution in [1.29, 1.82) is 0 Å². The van der Waals surface area contributed by atoms with Gasteiger partial charge in [0.05, 0.1) is 16.8 Å². The summed E-state index contributed by atoms with van der Waals surface area (Å²) in [6.07, 6.45) is 1.69. The summed E-state index contributed by atoms with van der Waals surface area (Å²) >= 11 is 4.83. The minimum atomic E-state index is -0.420. The van der Waals surface area contributed by atoms with E-state index in [1.807, 2.05) is 29.6 Å². The van der Waals surface area contributed by atoms with Gasteiger partial charge in [-0.05, 0) is 6.07 Å². The van der Waals surface area contributed by atoms with Gasteiger partial charge in [-0.25, -0.2) is 4.98 Å². The first-order valence-electron chi connectivity index (χ1n) is 6.87. The minimum Gasteiger partial charge on any atom is -0.258 e. The quantitative estimate of drug-likeness (QED) is 0.372. The highest BCUT2D eigenvalue weighted by atomic mass is 79.9. The molecule has 24 heavy (non-hydrogen) atoms. The number of nitro benzene ring substituents is 1. The van der Waals surface area contributed by atoms with Gasteiger partial charge in [-0.3, -0.25) is 15.5 Å². The number of non-ortho nitro benzene ring substituents is 1. The molecule has 1 N–H and O–H groups in total. The summed E-state index contributed by atoms with van der Waals surface area (Å²) in [5.74, 6) is 0. The zero-order valence-corrected chi connectivity index (χ0v) is 14.6. The topological polar surface area (TPSA) is 80.4 Å². The van der Waals surface area contributed by atoms with Crippen molar-refractivity contribution in [3.05, 3.63) is 74.1 Å². The van der Waals surface area contributed by atoms with Crippen LogP contribution in [0.1, 0.15) is 5.56 Å². The fourth-order valence-electron chi connectivity index (χ4n) is 1.97. The summed E-state index contributed by atoms with van der Waals surface area (Å²) in [7, 11) is 0. The maximum absolute atomic E-state index is 10.8. The number of nitro groups is 1. The number of benzene rings is 2. The number of hydrazone groups is 1. The number of nitrogens with zero attached hydrogens (tertiary/aromatic N) is 3. The van der Waals surface area contributed by atoms with E-state index in [0.717, 1.165) is 10.0 Å². The molecule has 1 heterocycles. The van der Waals surface area contributed by atoms with Crippen molar-refractivity contribution < 1.29 is 4.92 Å². The van der Waals surface area contributed by atoms with Crippen LogP contribution in [0.2, 0.25) is 0 Å². The number of thiazole rings is 1. The van der Waals surface area contributed by atoms with Gasteiger partial charge in [-0.1, -0.05) is 46.3 Å². The lowest BCUT2D eigenvalue weighted by Crippen LogP contribution is -1.91. The van der Waals surface area contributed by atoms with Crippen molar-refractivity contribution >= 4 is 44.3 Å². The first-order valence-corrected chi connectivity index (χ1v) is 8.55. The Morgan fingerprint density at radius 2 is 2.08 bits per heavy atom. The smallest absolute Gasteiger partial charge is 0.258 e. The maximum atomic E-state index is 10.8. The lowest BCUT2D eigenvalue weighted by atomic mass is 10.1. The molecule has 8 heteroatoms. The Balaban J connectivity index is 1.73. The van der Waals surface area contributed by atoms with E-state index in [1.165, 1.54) is 23.5 Å². The van der Waals surface area contributed by atoms with E-state index in [-0.39, 0.29) is 5.69 Å². The summed E-state index contributed by atoms with van der Waals surface area (Å²) in [6, 6.07) is 14.1. The van der Waals surface area contributed by atoms with Gasteiger partial charge in [0.1, 0.15) is 0 Å². The molecule has 3 rings (SSSR count). The van der Waals surface area contributed by atoms with Gasteiger partial charge >= 0.3 is 0 Å². The van der Waals surface area contributed by atoms with Gasteiger partial charge in [-0.2, -0.15) is 5.10 Å². The van der Waals surface area contributed by atoms with Gasteiger partial charge in [-0.15, -0.1) is 11.3 Å². The molecule has 0 aliphatic rings. The van der Waals surface area contributed by atoms with Crippen LogP contribution in [0.5, 0.6) is 0 Å². The molecule has 0 saturated heterocycles. The number of nitrogens with one attached hydrogen (secondary N) is 1. The van der Waals surface area contributed by atoms with E-state index in [0.29, 0.717) is 16.4 Å². The zero-order chi connectivity index (χ0) is 16.9. The van der Waals surface area contributed by atoms with Gasteiger partial charge in [0.2, 0.25) is 5.13 Å². The van der Waals surface area contributed by atoms with E-state index in [9.17, 15) is 10.1 Å². The van der Waals surface area contributed by atoms with Crippen LogP contribution in [0, 0.1) is 10.1 Å². The van der Waals surface area contributed by atoms with Gasteiger partial charge in [0, 0.05) is 33.1 Å². The third kappa shape index (κ3) is 3.84. The standard InChI is InChI=1S/C16H11BrN4O2S/c17-14-7-2-1-4-12(14)9-18-20-16-19-15(10-24-16)11-5-3-6-13(8-11)21(22)23/h1-10H,(H,19,20). The normalized spacial score (nSPS) is 10.9. The molecule has 120 valence electrons. The number of rotatable bonds is 5. The van der Waals surface area contributed by atoms with Crippen LogP contribution in [-0.2, 0) is 0 Å². The molecular formula is C16H11BrN4O2S. The molecule has 0 bridgehead atoms. The Morgan fingerprint density at radius 1 is 1.25 bits per heavy atom. The van der Waals surface area contributed by atoms with Crippen LogP contribution in [-0.4, -0.2) is 16.1 Å². The SMILES string of the molecule is O=[N+]([O-])c1cccc(-c2csc(NN=Cc3ccccc3Br)n2)c1. The number of aromatic nitrogens is 1. The molecule has 1 aromatic heterocycles. The van der Waals surface area contributed by atoms with Gasteiger partial charge in [0.15, 0.2) is 0 Å². The van der Waals surface area contributed by atoms with Gasteiger partial charge < -0.3 is 0 Å². The third-order valence-electron chi connectivity index (χ3n) is 3.13. The Morgan fingerprint density at radius 3 is 2.88 bits per heavy atom. The summed E-state index contributed by atoms with van der Waals surface area (Å²) in [5, 5.41) is 17.4. The fraction of sp³-hybridized carbons (Fsp3) is 0. The lowest BCUT2D eigenvalue weighted by Gasteiger charge is -1.98. The molecule has 0 aliphatic carbocycles. The van der Waals surface area contributed by atoms with E-state index < -0.39 is 4.92 Å². The lowest BCUT2D eigenvalue weighted by molar-refractivity contribution is -0.384. The highest BCUT2D eigenvalue weighted by Gasteiger charge is 2.09. The molecule has 2 aromatic carbocycles. The van der Waals surface area contributed by atoms with E-state index in [1.54, 1.807) is 18.3 Å². The maximum Gasteiger partial charge on any atom is 0.270 e. The molecule has 0 atom stereocenters. The second-order valence-corrected chi connectivity index (χ2v) is 6.45. The minimum absolute atomic E-state index is 0.0435. The molecule has 0 unspecified atom stereocenters.